The third-order valence-electron chi connectivity index (χ3n) is 3.55. The SMILES string of the molecule is CN(C)C(=O)c1c(Oc2ccccc2)cccc1Oc1ccccc1. The van der Waals surface area contributed by atoms with Crippen molar-refractivity contribution in [2.75, 3.05) is 14.1 Å². The van der Waals surface area contributed by atoms with Crippen molar-refractivity contribution in [3.8, 4) is 23.0 Å². The molecule has 0 aromatic heterocycles. The summed E-state index contributed by atoms with van der Waals surface area (Å²) < 4.78 is 11.9. The van der Waals surface area contributed by atoms with Crippen LogP contribution in [0.3, 0.4) is 0 Å². The Balaban J connectivity index is 2.02. The van der Waals surface area contributed by atoms with Gasteiger partial charge in [0.1, 0.15) is 28.6 Å². The standard InChI is InChI=1S/C21H19NO3/c1-22(2)21(23)20-18(24-16-10-5-3-6-11-16)14-9-15-19(20)25-17-12-7-4-8-13-17/h3-15H,1-2H3. The molecule has 0 unspecified atom stereocenters. The maximum atomic E-state index is 12.7. The second kappa shape index (κ2) is 7.53. The fourth-order valence-corrected chi connectivity index (χ4v) is 2.35. The minimum Gasteiger partial charge on any atom is -0.456 e. The minimum atomic E-state index is -0.183. The molecule has 126 valence electrons. The van der Waals surface area contributed by atoms with Crippen LogP contribution < -0.4 is 9.47 Å². The van der Waals surface area contributed by atoms with Gasteiger partial charge in [-0.2, -0.15) is 0 Å². The zero-order chi connectivity index (χ0) is 17.6. The summed E-state index contributed by atoms with van der Waals surface area (Å²) in [6, 6.07) is 24.1. The van der Waals surface area contributed by atoms with Gasteiger partial charge in [0.15, 0.2) is 0 Å². The Morgan fingerprint density at radius 2 is 1.12 bits per heavy atom. The predicted octanol–water partition coefficient (Wildman–Crippen LogP) is 4.97. The van der Waals surface area contributed by atoms with Crippen molar-refractivity contribution < 1.29 is 14.3 Å². The molecule has 0 N–H and O–H groups in total. The van der Waals surface area contributed by atoms with Crippen LogP contribution in [-0.4, -0.2) is 24.9 Å². The average Bonchev–Trinajstić information content (AvgIpc) is 2.63. The highest BCUT2D eigenvalue weighted by Crippen LogP contribution is 2.35. The largest absolute Gasteiger partial charge is 0.456 e. The molecule has 0 saturated heterocycles. The molecule has 25 heavy (non-hydrogen) atoms. The van der Waals surface area contributed by atoms with Crippen LogP contribution in [0.1, 0.15) is 10.4 Å². The molecule has 0 bridgehead atoms. The molecule has 3 aromatic carbocycles. The summed E-state index contributed by atoms with van der Waals surface area (Å²) in [6.45, 7) is 0. The highest BCUT2D eigenvalue weighted by molar-refractivity contribution is 5.99. The molecule has 4 heteroatoms. The van der Waals surface area contributed by atoms with Crippen molar-refractivity contribution >= 4 is 5.91 Å². The van der Waals surface area contributed by atoms with Crippen molar-refractivity contribution in [1.29, 1.82) is 0 Å². The molecule has 4 nitrogen and oxygen atoms in total. The normalized spacial score (nSPS) is 10.2. The minimum absolute atomic E-state index is 0.183. The first kappa shape index (κ1) is 16.6. The molecule has 1 amide bonds. The number of nitrogens with zero attached hydrogens (tertiary/aromatic N) is 1. The monoisotopic (exact) mass is 333 g/mol. The van der Waals surface area contributed by atoms with Crippen molar-refractivity contribution in [2.24, 2.45) is 0 Å². The number of para-hydroxylation sites is 2. The third-order valence-corrected chi connectivity index (χ3v) is 3.55. The van der Waals surface area contributed by atoms with Gasteiger partial charge in [0.2, 0.25) is 0 Å². The molecule has 0 aliphatic rings. The van der Waals surface area contributed by atoms with Crippen LogP contribution in [0.2, 0.25) is 0 Å². The first-order valence-corrected chi connectivity index (χ1v) is 7.95. The lowest BCUT2D eigenvalue weighted by Crippen LogP contribution is -2.22. The van der Waals surface area contributed by atoms with Crippen molar-refractivity contribution in [1.82, 2.24) is 4.90 Å². The zero-order valence-electron chi connectivity index (χ0n) is 14.2. The molecule has 0 saturated carbocycles. The van der Waals surface area contributed by atoms with Crippen LogP contribution in [0, 0.1) is 0 Å². The van der Waals surface area contributed by atoms with E-state index in [1.165, 1.54) is 4.90 Å². The summed E-state index contributed by atoms with van der Waals surface area (Å²) >= 11 is 0. The second-order valence-electron chi connectivity index (χ2n) is 5.66. The lowest BCUT2D eigenvalue weighted by atomic mass is 10.1. The summed E-state index contributed by atoms with van der Waals surface area (Å²) in [7, 11) is 3.40. The van der Waals surface area contributed by atoms with E-state index in [0.717, 1.165) is 0 Å². The number of carbonyl (C=O) groups excluding carboxylic acids is 1. The van der Waals surface area contributed by atoms with Crippen LogP contribution in [0.15, 0.2) is 78.9 Å². The quantitative estimate of drug-likeness (QED) is 0.661. The number of hydrogen-bond acceptors (Lipinski definition) is 3. The molecule has 0 heterocycles. The van der Waals surface area contributed by atoms with E-state index in [0.29, 0.717) is 28.6 Å². The fraction of sp³-hybridized carbons (Fsp3) is 0.0952. The van der Waals surface area contributed by atoms with Crippen molar-refractivity contribution in [3.63, 3.8) is 0 Å². The highest BCUT2D eigenvalue weighted by atomic mass is 16.5. The molecule has 3 aromatic rings. The lowest BCUT2D eigenvalue weighted by Gasteiger charge is -2.18. The Bertz CT molecular complexity index is 786. The first-order valence-electron chi connectivity index (χ1n) is 7.95. The molecule has 0 aliphatic heterocycles. The van der Waals surface area contributed by atoms with Gasteiger partial charge in [-0.15, -0.1) is 0 Å². The summed E-state index contributed by atoms with van der Waals surface area (Å²) in [6.07, 6.45) is 0. The Hall–Kier alpha value is -3.27. The van der Waals surface area contributed by atoms with Crippen LogP contribution in [0.5, 0.6) is 23.0 Å². The average molecular weight is 333 g/mol. The Kier molecular flexibility index (Phi) is 5.00. The van der Waals surface area contributed by atoms with Gasteiger partial charge in [0, 0.05) is 14.1 Å². The van der Waals surface area contributed by atoms with Gasteiger partial charge in [0.05, 0.1) is 0 Å². The van der Waals surface area contributed by atoms with E-state index in [4.69, 9.17) is 9.47 Å². The summed E-state index contributed by atoms with van der Waals surface area (Å²) in [5.74, 6) is 2.05. The zero-order valence-corrected chi connectivity index (χ0v) is 14.2. The number of benzene rings is 3. The first-order chi connectivity index (χ1) is 12.1. The highest BCUT2D eigenvalue weighted by Gasteiger charge is 2.21. The van der Waals surface area contributed by atoms with Gasteiger partial charge in [0.25, 0.3) is 5.91 Å². The van der Waals surface area contributed by atoms with E-state index >= 15 is 0 Å². The van der Waals surface area contributed by atoms with E-state index < -0.39 is 0 Å². The van der Waals surface area contributed by atoms with Gasteiger partial charge in [-0.25, -0.2) is 0 Å². The number of ether oxygens (including phenoxy) is 2. The van der Waals surface area contributed by atoms with Gasteiger partial charge in [-0.1, -0.05) is 42.5 Å². The van der Waals surface area contributed by atoms with Crippen LogP contribution in [-0.2, 0) is 0 Å². The second-order valence-corrected chi connectivity index (χ2v) is 5.66. The van der Waals surface area contributed by atoms with E-state index in [1.54, 1.807) is 26.2 Å². The molecule has 0 atom stereocenters. The smallest absolute Gasteiger partial charge is 0.260 e. The van der Waals surface area contributed by atoms with Crippen LogP contribution in [0.25, 0.3) is 0 Å². The third kappa shape index (κ3) is 3.98. The number of hydrogen-bond donors (Lipinski definition) is 0. The molecule has 0 fully saturated rings. The topological polar surface area (TPSA) is 38.8 Å². The molecule has 3 rings (SSSR count). The van der Waals surface area contributed by atoms with Crippen LogP contribution in [0.4, 0.5) is 0 Å². The predicted molar refractivity (Wildman–Crippen MR) is 97.5 cm³/mol. The number of rotatable bonds is 5. The molecular weight excluding hydrogens is 314 g/mol. The number of carbonyl (C=O) groups is 1. The van der Waals surface area contributed by atoms with Crippen LogP contribution >= 0.6 is 0 Å². The maximum Gasteiger partial charge on any atom is 0.260 e. The van der Waals surface area contributed by atoms with E-state index in [2.05, 4.69) is 0 Å². The molecule has 0 spiro atoms. The van der Waals surface area contributed by atoms with Crippen molar-refractivity contribution in [2.45, 2.75) is 0 Å². The summed E-state index contributed by atoms with van der Waals surface area (Å²) in [4.78, 5) is 14.2. The lowest BCUT2D eigenvalue weighted by molar-refractivity contribution is 0.0822. The van der Waals surface area contributed by atoms with E-state index in [-0.39, 0.29) is 5.91 Å². The van der Waals surface area contributed by atoms with Gasteiger partial charge in [-0.3, -0.25) is 4.79 Å². The number of amides is 1. The Morgan fingerprint density at radius 1 is 0.680 bits per heavy atom. The van der Waals surface area contributed by atoms with Gasteiger partial charge in [-0.05, 0) is 36.4 Å². The molecular formula is C21H19NO3. The van der Waals surface area contributed by atoms with Gasteiger partial charge < -0.3 is 14.4 Å². The summed E-state index contributed by atoms with van der Waals surface area (Å²) in [5, 5.41) is 0. The summed E-state index contributed by atoms with van der Waals surface area (Å²) in [5.41, 5.74) is 0.389. The van der Waals surface area contributed by atoms with E-state index in [9.17, 15) is 4.79 Å². The van der Waals surface area contributed by atoms with Crippen molar-refractivity contribution in [3.05, 3.63) is 84.4 Å². The Morgan fingerprint density at radius 3 is 1.52 bits per heavy atom. The van der Waals surface area contributed by atoms with E-state index in [1.807, 2.05) is 66.7 Å². The fourth-order valence-electron chi connectivity index (χ4n) is 2.35. The molecule has 0 aliphatic carbocycles. The molecule has 0 radical (unpaired) electrons. The maximum absolute atomic E-state index is 12.7. The Labute approximate surface area is 147 Å². The van der Waals surface area contributed by atoms with Gasteiger partial charge >= 0.3 is 0 Å².